The van der Waals surface area contributed by atoms with Crippen molar-refractivity contribution in [2.45, 2.75) is 43.8 Å². The predicted octanol–water partition coefficient (Wildman–Crippen LogP) is 2.16. The molecule has 2 aliphatic heterocycles. The van der Waals surface area contributed by atoms with Gasteiger partial charge in [-0.1, -0.05) is 54.6 Å². The molecule has 32 heavy (non-hydrogen) atoms. The Morgan fingerprint density at radius 1 is 1.09 bits per heavy atom. The number of piperidine rings is 1. The van der Waals surface area contributed by atoms with Crippen molar-refractivity contribution in [2.75, 3.05) is 19.6 Å². The zero-order chi connectivity index (χ0) is 22.1. The lowest BCUT2D eigenvalue weighted by Crippen LogP contribution is -2.50. The van der Waals surface area contributed by atoms with E-state index in [1.807, 2.05) is 42.5 Å². The number of aryl methyl sites for hydroxylation is 1. The summed E-state index contributed by atoms with van der Waals surface area (Å²) in [4.78, 5) is 42.1. The van der Waals surface area contributed by atoms with Crippen LogP contribution in [0.1, 0.15) is 36.0 Å². The lowest BCUT2D eigenvalue weighted by Gasteiger charge is -2.33. The van der Waals surface area contributed by atoms with E-state index in [-0.39, 0.29) is 24.4 Å². The van der Waals surface area contributed by atoms with Crippen LogP contribution in [0.3, 0.4) is 0 Å². The fourth-order valence-electron chi connectivity index (χ4n) is 5.31. The molecule has 7 nitrogen and oxygen atoms in total. The second-order valence-corrected chi connectivity index (χ2v) is 9.01. The second kappa shape index (κ2) is 8.39. The molecule has 0 aromatic heterocycles. The molecular formula is C25H28N4O3. The average molecular weight is 433 g/mol. The number of nitrogens with zero attached hydrogens (tertiary/aromatic N) is 2. The number of imide groups is 1. The van der Waals surface area contributed by atoms with Crippen LogP contribution in [-0.2, 0) is 28.1 Å². The van der Waals surface area contributed by atoms with Gasteiger partial charge in [-0.2, -0.15) is 0 Å². The Kier molecular flexibility index (Phi) is 5.43. The van der Waals surface area contributed by atoms with Gasteiger partial charge < -0.3 is 10.6 Å². The molecule has 5 rings (SSSR count). The Morgan fingerprint density at radius 3 is 2.72 bits per heavy atom. The smallest absolute Gasteiger partial charge is 0.325 e. The number of hydrogen-bond acceptors (Lipinski definition) is 4. The van der Waals surface area contributed by atoms with Gasteiger partial charge in [0.2, 0.25) is 5.91 Å². The van der Waals surface area contributed by atoms with Crippen LogP contribution in [-0.4, -0.2) is 53.3 Å². The van der Waals surface area contributed by atoms with Crippen molar-refractivity contribution >= 4 is 17.8 Å². The van der Waals surface area contributed by atoms with Crippen LogP contribution in [0.15, 0.2) is 54.6 Å². The third-order valence-electron chi connectivity index (χ3n) is 6.84. The first-order chi connectivity index (χ1) is 15.5. The molecule has 0 bridgehead atoms. The number of hydrogen-bond donors (Lipinski definition) is 2. The molecule has 0 saturated carbocycles. The number of rotatable bonds is 5. The lowest BCUT2D eigenvalue weighted by molar-refractivity contribution is -0.135. The Labute approximate surface area is 187 Å². The van der Waals surface area contributed by atoms with Crippen LogP contribution in [0.4, 0.5) is 4.79 Å². The summed E-state index contributed by atoms with van der Waals surface area (Å²) >= 11 is 0. The summed E-state index contributed by atoms with van der Waals surface area (Å²) in [6.45, 7) is 2.36. The van der Waals surface area contributed by atoms with Gasteiger partial charge in [0.25, 0.3) is 5.91 Å². The first kappa shape index (κ1) is 20.7. The van der Waals surface area contributed by atoms with Crippen molar-refractivity contribution in [3.05, 3.63) is 71.3 Å². The van der Waals surface area contributed by atoms with Crippen molar-refractivity contribution < 1.29 is 14.4 Å². The second-order valence-electron chi connectivity index (χ2n) is 9.01. The maximum absolute atomic E-state index is 13.2. The lowest BCUT2D eigenvalue weighted by atomic mass is 9.92. The molecule has 2 aromatic rings. The molecule has 2 aromatic carbocycles. The molecule has 2 atom stereocenters. The molecule has 3 aliphatic rings. The highest BCUT2D eigenvalue weighted by atomic mass is 16.2. The van der Waals surface area contributed by atoms with Gasteiger partial charge in [0.05, 0.1) is 0 Å². The summed E-state index contributed by atoms with van der Waals surface area (Å²) in [7, 11) is 0. The summed E-state index contributed by atoms with van der Waals surface area (Å²) in [5.74, 6) is -0.611. The van der Waals surface area contributed by atoms with E-state index < -0.39 is 11.6 Å². The van der Waals surface area contributed by atoms with Gasteiger partial charge in [0, 0.05) is 19.1 Å². The number of fused-ring (bicyclic) bond motifs is 2. The van der Waals surface area contributed by atoms with Crippen LogP contribution in [0.25, 0.3) is 0 Å². The van der Waals surface area contributed by atoms with Gasteiger partial charge in [-0.05, 0) is 48.9 Å². The van der Waals surface area contributed by atoms with E-state index >= 15 is 0 Å². The molecule has 7 heteroatoms. The number of urea groups is 1. The zero-order valence-corrected chi connectivity index (χ0v) is 18.0. The van der Waals surface area contributed by atoms with Gasteiger partial charge in [-0.25, -0.2) is 4.79 Å². The molecule has 2 heterocycles. The average Bonchev–Trinajstić information content (AvgIpc) is 3.28. The van der Waals surface area contributed by atoms with Crippen molar-refractivity contribution in [1.82, 2.24) is 20.4 Å². The number of carbonyl (C=O) groups is 3. The van der Waals surface area contributed by atoms with Gasteiger partial charge in [-0.15, -0.1) is 0 Å². The Hall–Kier alpha value is -3.19. The van der Waals surface area contributed by atoms with E-state index in [9.17, 15) is 14.4 Å². The highest BCUT2D eigenvalue weighted by Crippen LogP contribution is 2.41. The highest BCUT2D eigenvalue weighted by molar-refractivity contribution is 6.09. The molecule has 1 spiro atoms. The van der Waals surface area contributed by atoms with E-state index in [2.05, 4.69) is 27.7 Å². The Morgan fingerprint density at radius 2 is 1.88 bits per heavy atom. The minimum atomic E-state index is -1.02. The van der Waals surface area contributed by atoms with Crippen LogP contribution < -0.4 is 10.6 Å². The van der Waals surface area contributed by atoms with Crippen molar-refractivity contribution in [2.24, 2.45) is 0 Å². The minimum absolute atomic E-state index is 0.0156. The molecule has 2 N–H and O–H groups in total. The predicted molar refractivity (Wildman–Crippen MR) is 120 cm³/mol. The Bertz CT molecular complexity index is 1040. The van der Waals surface area contributed by atoms with Gasteiger partial charge in [-0.3, -0.25) is 19.4 Å². The summed E-state index contributed by atoms with van der Waals surface area (Å²) in [5, 5.41) is 5.92. The zero-order valence-electron chi connectivity index (χ0n) is 18.0. The van der Waals surface area contributed by atoms with Crippen LogP contribution >= 0.6 is 0 Å². The molecule has 0 radical (unpaired) electrons. The van der Waals surface area contributed by atoms with Crippen molar-refractivity contribution in [3.8, 4) is 0 Å². The minimum Gasteiger partial charge on any atom is -0.351 e. The highest BCUT2D eigenvalue weighted by Gasteiger charge is 2.55. The number of nitrogens with one attached hydrogen (secondary N) is 2. The van der Waals surface area contributed by atoms with E-state index in [4.69, 9.17) is 0 Å². The molecule has 2 saturated heterocycles. The first-order valence-electron chi connectivity index (χ1n) is 11.3. The van der Waals surface area contributed by atoms with E-state index in [0.717, 1.165) is 54.9 Å². The molecule has 1 aliphatic carbocycles. The summed E-state index contributed by atoms with van der Waals surface area (Å²) < 4.78 is 0. The number of likely N-dealkylation sites (tertiary alicyclic amines) is 1. The molecule has 2 unspecified atom stereocenters. The largest absolute Gasteiger partial charge is 0.351 e. The maximum Gasteiger partial charge on any atom is 0.325 e. The van der Waals surface area contributed by atoms with Crippen molar-refractivity contribution in [3.63, 3.8) is 0 Å². The quantitative estimate of drug-likeness (QED) is 0.710. The summed E-state index contributed by atoms with van der Waals surface area (Å²) in [6, 6.07) is 17.5. The third-order valence-corrected chi connectivity index (χ3v) is 6.84. The normalized spacial score (nSPS) is 25.1. The van der Waals surface area contributed by atoms with E-state index in [0.29, 0.717) is 6.42 Å². The van der Waals surface area contributed by atoms with Gasteiger partial charge in [0.1, 0.15) is 12.1 Å². The van der Waals surface area contributed by atoms with E-state index in [1.165, 1.54) is 5.56 Å². The maximum atomic E-state index is 13.2. The molecule has 166 valence electrons. The molecule has 2 fully saturated rings. The van der Waals surface area contributed by atoms with Crippen LogP contribution in [0.5, 0.6) is 0 Å². The Balaban J connectivity index is 1.20. The number of carbonyl (C=O) groups excluding carboxylic acids is 3. The fraction of sp³-hybridized carbons (Fsp3) is 0.400. The van der Waals surface area contributed by atoms with Crippen molar-refractivity contribution in [1.29, 1.82) is 0 Å². The van der Waals surface area contributed by atoms with Crippen LogP contribution in [0, 0.1) is 0 Å². The van der Waals surface area contributed by atoms with Crippen LogP contribution in [0.2, 0.25) is 0 Å². The van der Waals surface area contributed by atoms with Gasteiger partial charge >= 0.3 is 6.03 Å². The molecule has 4 amide bonds. The third kappa shape index (κ3) is 3.77. The topological polar surface area (TPSA) is 81.8 Å². The van der Waals surface area contributed by atoms with Gasteiger partial charge in [0.15, 0.2) is 0 Å². The van der Waals surface area contributed by atoms with E-state index in [1.54, 1.807) is 0 Å². The monoisotopic (exact) mass is 432 g/mol. The standard InChI is InChI=1S/C25H28N4O3/c30-22(26-20-10-6-14-28(16-20)15-18-7-2-1-3-8-18)17-29-23(31)25(27-24(29)32)13-12-19-9-4-5-11-21(19)25/h1-5,7-9,11,20H,6,10,12-17H2,(H,26,30)(H,27,32). The SMILES string of the molecule is O=C(CN1C(=O)NC2(CCc3ccccc32)C1=O)NC1CCCN(Cc2ccccc2)C1. The number of benzene rings is 2. The summed E-state index contributed by atoms with van der Waals surface area (Å²) in [6.07, 6.45) is 3.17. The summed E-state index contributed by atoms with van der Waals surface area (Å²) in [5.41, 5.74) is 2.16. The number of amides is 4. The first-order valence-corrected chi connectivity index (χ1v) is 11.3. The molecular weight excluding hydrogens is 404 g/mol. The fourth-order valence-corrected chi connectivity index (χ4v) is 5.31.